The van der Waals surface area contributed by atoms with Gasteiger partial charge < -0.3 is 14.8 Å². The lowest BCUT2D eigenvalue weighted by molar-refractivity contribution is -0.132. The first kappa shape index (κ1) is 20.9. The standard InChI is InChI=1S/C18H39NO2/c1-15(2,3)19-13-11-17(7,8)20-14-12-18(9,10)21-16(4,5)6/h19H,11-14H2,1-10H3. The fourth-order valence-electron chi connectivity index (χ4n) is 2.26. The molecule has 3 heteroatoms. The van der Waals surface area contributed by atoms with E-state index >= 15 is 0 Å². The summed E-state index contributed by atoms with van der Waals surface area (Å²) in [6.45, 7) is 23.1. The van der Waals surface area contributed by atoms with Crippen molar-refractivity contribution in [3.63, 3.8) is 0 Å². The van der Waals surface area contributed by atoms with Crippen LogP contribution in [0, 0.1) is 0 Å². The van der Waals surface area contributed by atoms with Gasteiger partial charge in [0.1, 0.15) is 0 Å². The maximum atomic E-state index is 6.07. The number of rotatable bonds is 8. The summed E-state index contributed by atoms with van der Waals surface area (Å²) in [6.07, 6.45) is 1.91. The van der Waals surface area contributed by atoms with E-state index in [9.17, 15) is 0 Å². The minimum Gasteiger partial charge on any atom is -0.375 e. The van der Waals surface area contributed by atoms with Gasteiger partial charge in [-0.3, -0.25) is 0 Å². The van der Waals surface area contributed by atoms with Crippen LogP contribution >= 0.6 is 0 Å². The summed E-state index contributed by atoms with van der Waals surface area (Å²) in [5, 5.41) is 3.51. The second kappa shape index (κ2) is 7.43. The molecule has 0 aromatic carbocycles. The third-order valence-corrected chi connectivity index (χ3v) is 3.16. The Hall–Kier alpha value is -0.120. The molecular weight excluding hydrogens is 262 g/mol. The predicted octanol–water partition coefficient (Wildman–Crippen LogP) is 4.54. The maximum Gasteiger partial charge on any atom is 0.0655 e. The number of hydrogen-bond donors (Lipinski definition) is 1. The summed E-state index contributed by atoms with van der Waals surface area (Å²) in [5.41, 5.74) is -0.206. The van der Waals surface area contributed by atoms with Crippen LogP contribution in [-0.2, 0) is 9.47 Å². The molecule has 0 rings (SSSR count). The molecule has 1 N–H and O–H groups in total. The largest absolute Gasteiger partial charge is 0.375 e. The molecule has 0 fully saturated rings. The Labute approximate surface area is 133 Å². The lowest BCUT2D eigenvalue weighted by Gasteiger charge is -2.35. The fraction of sp³-hybridized carbons (Fsp3) is 1.00. The summed E-state index contributed by atoms with van der Waals surface area (Å²) < 4.78 is 12.1. The Morgan fingerprint density at radius 1 is 0.714 bits per heavy atom. The van der Waals surface area contributed by atoms with E-state index in [0.29, 0.717) is 0 Å². The Morgan fingerprint density at radius 2 is 1.24 bits per heavy atom. The van der Waals surface area contributed by atoms with E-state index in [1.807, 2.05) is 0 Å². The first-order valence-corrected chi connectivity index (χ1v) is 8.21. The second-order valence-corrected chi connectivity index (χ2v) is 9.26. The lowest BCUT2D eigenvalue weighted by atomic mass is 10.0. The van der Waals surface area contributed by atoms with Crippen LogP contribution in [0.15, 0.2) is 0 Å². The quantitative estimate of drug-likeness (QED) is 0.714. The van der Waals surface area contributed by atoms with Crippen LogP contribution < -0.4 is 5.32 Å². The van der Waals surface area contributed by atoms with Gasteiger partial charge in [-0.05, 0) is 88.6 Å². The summed E-state index contributed by atoms with van der Waals surface area (Å²) >= 11 is 0. The molecule has 0 aliphatic carbocycles. The molecule has 0 spiro atoms. The third-order valence-electron chi connectivity index (χ3n) is 3.16. The Kier molecular flexibility index (Phi) is 7.39. The van der Waals surface area contributed by atoms with Crippen molar-refractivity contribution in [2.75, 3.05) is 13.2 Å². The average molecular weight is 302 g/mol. The highest BCUT2D eigenvalue weighted by molar-refractivity contribution is 4.77. The predicted molar refractivity (Wildman–Crippen MR) is 91.9 cm³/mol. The molecule has 3 nitrogen and oxygen atoms in total. The first-order valence-electron chi connectivity index (χ1n) is 8.21. The van der Waals surface area contributed by atoms with Crippen LogP contribution in [0.1, 0.15) is 82.1 Å². The van der Waals surface area contributed by atoms with E-state index in [2.05, 4.69) is 74.6 Å². The van der Waals surface area contributed by atoms with Crippen molar-refractivity contribution < 1.29 is 9.47 Å². The van der Waals surface area contributed by atoms with Gasteiger partial charge in [-0.1, -0.05) is 0 Å². The molecule has 0 heterocycles. The smallest absolute Gasteiger partial charge is 0.0655 e. The van der Waals surface area contributed by atoms with Crippen LogP contribution in [0.3, 0.4) is 0 Å². The van der Waals surface area contributed by atoms with Gasteiger partial charge in [0.25, 0.3) is 0 Å². The first-order chi connectivity index (χ1) is 9.12. The van der Waals surface area contributed by atoms with Gasteiger partial charge in [-0.15, -0.1) is 0 Å². The van der Waals surface area contributed by atoms with Crippen LogP contribution in [0.5, 0.6) is 0 Å². The van der Waals surface area contributed by atoms with Crippen molar-refractivity contribution in [2.45, 2.75) is 104 Å². The Balaban J connectivity index is 4.08. The average Bonchev–Trinajstić information content (AvgIpc) is 2.08. The maximum absolute atomic E-state index is 6.07. The summed E-state index contributed by atoms with van der Waals surface area (Å²) in [7, 11) is 0. The van der Waals surface area contributed by atoms with E-state index in [-0.39, 0.29) is 22.3 Å². The highest BCUT2D eigenvalue weighted by Crippen LogP contribution is 2.24. The van der Waals surface area contributed by atoms with Crippen molar-refractivity contribution in [1.82, 2.24) is 5.32 Å². The van der Waals surface area contributed by atoms with Gasteiger partial charge in [0.05, 0.1) is 23.4 Å². The van der Waals surface area contributed by atoms with E-state index in [1.54, 1.807) is 0 Å². The molecule has 0 unspecified atom stereocenters. The SMILES string of the molecule is CC(C)(C)NCCC(C)(C)OCCC(C)(C)OC(C)(C)C. The molecule has 0 saturated heterocycles. The number of hydrogen-bond acceptors (Lipinski definition) is 3. The van der Waals surface area contributed by atoms with E-state index in [4.69, 9.17) is 9.47 Å². The molecule has 0 aromatic rings. The highest BCUT2D eigenvalue weighted by Gasteiger charge is 2.27. The van der Waals surface area contributed by atoms with Gasteiger partial charge in [0.2, 0.25) is 0 Å². The molecule has 0 radical (unpaired) electrons. The van der Waals surface area contributed by atoms with Crippen LogP contribution in [0.4, 0.5) is 0 Å². The fourth-order valence-corrected chi connectivity index (χ4v) is 2.26. The normalized spacial score (nSPS) is 14.6. The topological polar surface area (TPSA) is 30.5 Å². The molecule has 0 bridgehead atoms. The zero-order valence-electron chi connectivity index (χ0n) is 16.1. The number of ether oxygens (including phenoxy) is 2. The Bertz CT molecular complexity index is 295. The minimum atomic E-state index is -0.155. The van der Waals surface area contributed by atoms with E-state index < -0.39 is 0 Å². The molecule has 128 valence electrons. The molecule has 0 aromatic heterocycles. The molecule has 0 amide bonds. The van der Waals surface area contributed by atoms with Crippen LogP contribution in [0.25, 0.3) is 0 Å². The Morgan fingerprint density at radius 3 is 1.67 bits per heavy atom. The second-order valence-electron chi connectivity index (χ2n) is 9.26. The zero-order chi connectivity index (χ0) is 16.9. The third kappa shape index (κ3) is 13.3. The van der Waals surface area contributed by atoms with Crippen molar-refractivity contribution in [2.24, 2.45) is 0 Å². The lowest BCUT2D eigenvalue weighted by Crippen LogP contribution is -2.40. The number of nitrogens with one attached hydrogen (secondary N) is 1. The molecule has 0 atom stereocenters. The van der Waals surface area contributed by atoms with Crippen molar-refractivity contribution >= 4 is 0 Å². The van der Waals surface area contributed by atoms with Crippen LogP contribution in [0.2, 0.25) is 0 Å². The van der Waals surface area contributed by atoms with Crippen molar-refractivity contribution in [1.29, 1.82) is 0 Å². The van der Waals surface area contributed by atoms with Gasteiger partial charge in [0.15, 0.2) is 0 Å². The molecule has 0 saturated carbocycles. The summed E-state index contributed by atoms with van der Waals surface area (Å²) in [6, 6.07) is 0. The van der Waals surface area contributed by atoms with Gasteiger partial charge in [-0.25, -0.2) is 0 Å². The minimum absolute atomic E-state index is 0.101. The van der Waals surface area contributed by atoms with Crippen molar-refractivity contribution in [3.8, 4) is 0 Å². The summed E-state index contributed by atoms with van der Waals surface area (Å²) in [4.78, 5) is 0. The van der Waals surface area contributed by atoms with Gasteiger partial charge >= 0.3 is 0 Å². The van der Waals surface area contributed by atoms with Gasteiger partial charge in [-0.2, -0.15) is 0 Å². The van der Waals surface area contributed by atoms with Gasteiger partial charge in [0, 0.05) is 5.54 Å². The van der Waals surface area contributed by atoms with Crippen LogP contribution in [-0.4, -0.2) is 35.5 Å². The highest BCUT2D eigenvalue weighted by atomic mass is 16.5. The molecule has 0 aliphatic heterocycles. The monoisotopic (exact) mass is 301 g/mol. The molecule has 0 aliphatic rings. The van der Waals surface area contributed by atoms with E-state index in [1.165, 1.54) is 0 Å². The molecule has 21 heavy (non-hydrogen) atoms. The summed E-state index contributed by atoms with van der Waals surface area (Å²) in [5.74, 6) is 0. The van der Waals surface area contributed by atoms with E-state index in [0.717, 1.165) is 26.0 Å². The van der Waals surface area contributed by atoms with Crippen molar-refractivity contribution in [3.05, 3.63) is 0 Å². The zero-order valence-corrected chi connectivity index (χ0v) is 16.1. The molecular formula is C18H39NO2.